The normalized spacial score (nSPS) is 14.6. The van der Waals surface area contributed by atoms with Gasteiger partial charge in [0.05, 0.1) is 12.5 Å². The van der Waals surface area contributed by atoms with Crippen LogP contribution in [0.4, 0.5) is 17.1 Å². The summed E-state index contributed by atoms with van der Waals surface area (Å²) >= 11 is 0. The molecule has 1 aliphatic carbocycles. The minimum atomic E-state index is -0.535. The monoisotopic (exact) mass is 608 g/mol. The lowest BCUT2D eigenvalue weighted by molar-refractivity contribution is 0.648. The van der Waals surface area contributed by atoms with Gasteiger partial charge in [-0.15, -0.1) is 0 Å². The number of para-hydroxylation sites is 2. The first-order valence-electron chi connectivity index (χ1n) is 18.4. The second-order valence-electron chi connectivity index (χ2n) is 12.6. The lowest BCUT2D eigenvalue weighted by Crippen LogP contribution is -2.21. The molecule has 224 valence electrons. The molecule has 1 aliphatic rings. The summed E-state index contributed by atoms with van der Waals surface area (Å²) in [6, 6.07) is 43.1. The molecule has 1 heterocycles. The lowest BCUT2D eigenvalue weighted by Gasteiger charge is -2.32. The van der Waals surface area contributed by atoms with Gasteiger partial charge >= 0.3 is 0 Å². The minimum absolute atomic E-state index is 0.0589. The number of hydrogen-bond donors (Lipinski definition) is 0. The molecule has 0 atom stereocenters. The molecule has 0 radical (unpaired) electrons. The highest BCUT2D eigenvalue weighted by Gasteiger charge is 2.41. The van der Waals surface area contributed by atoms with Crippen LogP contribution in [0.2, 0.25) is 0 Å². The molecule has 7 aromatic carbocycles. The van der Waals surface area contributed by atoms with Crippen LogP contribution in [0.5, 0.6) is 0 Å². The highest BCUT2D eigenvalue weighted by molar-refractivity contribution is 6.17. The molecule has 1 aromatic heterocycles. The number of benzene rings is 7. The van der Waals surface area contributed by atoms with Gasteiger partial charge in [0.25, 0.3) is 0 Å². The van der Waals surface area contributed by atoms with Gasteiger partial charge in [0.2, 0.25) is 0 Å². The zero-order chi connectivity index (χ0) is 35.9. The molecule has 0 bridgehead atoms. The fourth-order valence-electron chi connectivity index (χ4n) is 7.38. The van der Waals surface area contributed by atoms with Crippen LogP contribution in [-0.4, -0.2) is 0 Å². The average Bonchev–Trinajstić information content (AvgIpc) is 3.67. The van der Waals surface area contributed by atoms with Crippen molar-refractivity contribution in [2.24, 2.45) is 0 Å². The van der Waals surface area contributed by atoms with Crippen molar-refractivity contribution in [2.75, 3.05) is 4.90 Å². The molecule has 0 aliphatic heterocycles. The van der Waals surface area contributed by atoms with E-state index in [1.54, 1.807) is 0 Å². The SMILES string of the molecule is [2H]c1c([2H])c([2H])c(N(c2ccc(-c3ccccc3)cc2)c2c3c(cc4c2oc2c(-c5ccccc5)cccc24)-c2ccccc2C3(C)C)c([2H])c1[2H]. The van der Waals surface area contributed by atoms with E-state index in [-0.39, 0.29) is 17.8 Å². The third-order valence-electron chi connectivity index (χ3n) is 9.53. The quantitative estimate of drug-likeness (QED) is 0.193. The van der Waals surface area contributed by atoms with Gasteiger partial charge in [0.15, 0.2) is 5.58 Å². The van der Waals surface area contributed by atoms with E-state index in [2.05, 4.69) is 56.3 Å². The molecule has 2 nitrogen and oxygen atoms in total. The summed E-state index contributed by atoms with van der Waals surface area (Å²) in [6.45, 7) is 4.37. The van der Waals surface area contributed by atoms with Crippen LogP contribution in [0.3, 0.4) is 0 Å². The summed E-state index contributed by atoms with van der Waals surface area (Å²) in [5, 5.41) is 1.82. The third-order valence-corrected chi connectivity index (χ3v) is 9.53. The molecule has 0 saturated heterocycles. The molecular formula is C45H33NO. The smallest absolute Gasteiger partial charge is 0.159 e. The van der Waals surface area contributed by atoms with E-state index >= 15 is 0 Å². The predicted molar refractivity (Wildman–Crippen MR) is 197 cm³/mol. The number of furan rings is 1. The van der Waals surface area contributed by atoms with Crippen LogP contribution in [0.15, 0.2) is 168 Å². The first-order chi connectivity index (χ1) is 25.2. The first-order valence-corrected chi connectivity index (χ1v) is 15.9. The standard InChI is InChI=1S/C45H33NO/c1-45(2)40-24-13-12-21-36(40)38-29-39-37-23-14-22-35(32-17-8-4-9-18-32)43(37)47-44(39)42(41(38)45)46(33-19-10-5-11-20-33)34-27-25-31(26-28-34)30-15-6-3-7-16-30/h3-29H,1-2H3/i5D,10D,11D,19D,20D. The van der Waals surface area contributed by atoms with Crippen molar-refractivity contribution in [2.45, 2.75) is 19.3 Å². The van der Waals surface area contributed by atoms with Crippen molar-refractivity contribution in [3.63, 3.8) is 0 Å². The molecule has 9 rings (SSSR count). The van der Waals surface area contributed by atoms with E-state index in [1.807, 2.05) is 95.9 Å². The van der Waals surface area contributed by atoms with Gasteiger partial charge in [0, 0.05) is 33.1 Å². The van der Waals surface area contributed by atoms with Gasteiger partial charge < -0.3 is 9.32 Å². The number of nitrogens with zero attached hydrogens (tertiary/aromatic N) is 1. The van der Waals surface area contributed by atoms with E-state index < -0.39 is 23.5 Å². The molecule has 0 spiro atoms. The Labute approximate surface area is 282 Å². The molecule has 47 heavy (non-hydrogen) atoms. The first kappa shape index (κ1) is 22.6. The van der Waals surface area contributed by atoms with E-state index in [0.717, 1.165) is 60.9 Å². The van der Waals surface area contributed by atoms with Crippen LogP contribution in [0.25, 0.3) is 55.3 Å². The average molecular weight is 609 g/mol. The highest BCUT2D eigenvalue weighted by atomic mass is 16.3. The molecular weight excluding hydrogens is 571 g/mol. The largest absolute Gasteiger partial charge is 0.453 e. The van der Waals surface area contributed by atoms with Gasteiger partial charge in [-0.3, -0.25) is 0 Å². The second-order valence-corrected chi connectivity index (χ2v) is 12.6. The highest BCUT2D eigenvalue weighted by Crippen LogP contribution is 2.58. The predicted octanol–water partition coefficient (Wildman–Crippen LogP) is 12.7. The van der Waals surface area contributed by atoms with Gasteiger partial charge in [-0.2, -0.15) is 0 Å². The maximum absolute atomic E-state index is 9.28. The summed E-state index contributed by atoms with van der Waals surface area (Å²) in [6.07, 6.45) is 0. The fourth-order valence-corrected chi connectivity index (χ4v) is 7.38. The molecule has 0 saturated carbocycles. The van der Waals surface area contributed by atoms with Gasteiger partial charge in [-0.05, 0) is 69.2 Å². The molecule has 2 heteroatoms. The van der Waals surface area contributed by atoms with Crippen LogP contribution in [0, 0.1) is 0 Å². The van der Waals surface area contributed by atoms with Crippen molar-refractivity contribution >= 4 is 39.0 Å². The number of rotatable bonds is 5. The van der Waals surface area contributed by atoms with Crippen LogP contribution in [0.1, 0.15) is 31.8 Å². The Balaban J connectivity index is 1.45. The minimum Gasteiger partial charge on any atom is -0.453 e. The maximum atomic E-state index is 9.28. The van der Waals surface area contributed by atoms with Gasteiger partial charge in [-0.1, -0.05) is 147 Å². The zero-order valence-electron chi connectivity index (χ0n) is 31.1. The Morgan fingerprint density at radius 3 is 1.91 bits per heavy atom. The van der Waals surface area contributed by atoms with Crippen molar-refractivity contribution in [1.82, 2.24) is 0 Å². The summed E-state index contributed by atoms with van der Waals surface area (Å²) in [7, 11) is 0. The summed E-state index contributed by atoms with van der Waals surface area (Å²) in [5.41, 5.74) is 10.4. The van der Waals surface area contributed by atoms with E-state index in [0.29, 0.717) is 17.0 Å². The Bertz CT molecular complexity index is 2670. The van der Waals surface area contributed by atoms with E-state index in [4.69, 9.17) is 8.53 Å². The van der Waals surface area contributed by atoms with Crippen LogP contribution >= 0.6 is 0 Å². The number of anilines is 3. The summed E-state index contributed by atoms with van der Waals surface area (Å²) in [5.74, 6) is 0. The third kappa shape index (κ3) is 4.26. The molecule has 0 unspecified atom stereocenters. The molecule has 0 N–H and O–H groups in total. The maximum Gasteiger partial charge on any atom is 0.159 e. The van der Waals surface area contributed by atoms with Crippen molar-refractivity contribution < 1.29 is 11.3 Å². The second kappa shape index (κ2) is 10.6. The van der Waals surface area contributed by atoms with E-state index in [1.165, 1.54) is 0 Å². The van der Waals surface area contributed by atoms with Crippen molar-refractivity contribution in [1.29, 1.82) is 0 Å². The summed E-state index contributed by atoms with van der Waals surface area (Å²) < 4.78 is 51.6. The van der Waals surface area contributed by atoms with Crippen LogP contribution < -0.4 is 4.90 Å². The number of fused-ring (bicyclic) bond motifs is 6. The Morgan fingerprint density at radius 2 is 1.17 bits per heavy atom. The Morgan fingerprint density at radius 1 is 0.532 bits per heavy atom. The van der Waals surface area contributed by atoms with Crippen LogP contribution in [-0.2, 0) is 5.41 Å². The van der Waals surface area contributed by atoms with Gasteiger partial charge in [0.1, 0.15) is 5.58 Å². The molecule has 0 fully saturated rings. The van der Waals surface area contributed by atoms with Crippen molar-refractivity contribution in [3.05, 3.63) is 175 Å². The lowest BCUT2D eigenvalue weighted by atomic mass is 9.80. The zero-order valence-corrected chi connectivity index (χ0v) is 26.1. The Kier molecular flexibility index (Phi) is 5.10. The van der Waals surface area contributed by atoms with Gasteiger partial charge in [-0.25, -0.2) is 0 Å². The molecule has 8 aromatic rings. The summed E-state index contributed by atoms with van der Waals surface area (Å²) in [4.78, 5) is 1.84. The van der Waals surface area contributed by atoms with Crippen molar-refractivity contribution in [3.8, 4) is 33.4 Å². The fraction of sp³-hybridized carbons (Fsp3) is 0.0667. The topological polar surface area (TPSA) is 16.4 Å². The van der Waals surface area contributed by atoms with E-state index in [9.17, 15) is 2.74 Å². The Hall–Kier alpha value is -5.86. The molecule has 0 amide bonds. The number of hydrogen-bond acceptors (Lipinski definition) is 2.